The Bertz CT molecular complexity index is 657. The number of carbonyl (C=O) groups is 1. The van der Waals surface area contributed by atoms with Crippen molar-refractivity contribution < 1.29 is 4.79 Å². The standard InChI is InChI=1S/C15H19N5O/c1-9-13(10(2)20-19-9)8-18-15(21)14-7-17-6-11-5-16-4-3-12(11)14/h6-7,16H,3-5,8H2,1-2H3,(H,18,21)(H,19,20). The van der Waals surface area contributed by atoms with E-state index in [9.17, 15) is 4.79 Å². The Morgan fingerprint density at radius 2 is 2.24 bits per heavy atom. The van der Waals surface area contributed by atoms with Crippen molar-refractivity contribution in [2.75, 3.05) is 6.54 Å². The fraction of sp³-hybridized carbons (Fsp3) is 0.400. The van der Waals surface area contributed by atoms with E-state index < -0.39 is 0 Å². The Balaban J connectivity index is 1.77. The Hall–Kier alpha value is -2.21. The molecule has 0 saturated carbocycles. The number of rotatable bonds is 3. The van der Waals surface area contributed by atoms with Crippen molar-refractivity contribution in [3.8, 4) is 0 Å². The molecule has 2 aromatic rings. The van der Waals surface area contributed by atoms with Crippen LogP contribution in [0.3, 0.4) is 0 Å². The van der Waals surface area contributed by atoms with Gasteiger partial charge in [0.2, 0.25) is 0 Å². The van der Waals surface area contributed by atoms with E-state index >= 15 is 0 Å². The van der Waals surface area contributed by atoms with Crippen molar-refractivity contribution in [3.05, 3.63) is 46.0 Å². The lowest BCUT2D eigenvalue weighted by Crippen LogP contribution is -2.29. The van der Waals surface area contributed by atoms with Crippen LogP contribution in [0.1, 0.15) is 38.4 Å². The maximum absolute atomic E-state index is 12.4. The molecule has 0 unspecified atom stereocenters. The van der Waals surface area contributed by atoms with Gasteiger partial charge in [-0.05, 0) is 37.9 Å². The first-order valence-corrected chi connectivity index (χ1v) is 7.12. The number of hydrogen-bond acceptors (Lipinski definition) is 4. The number of fused-ring (bicyclic) bond motifs is 1. The van der Waals surface area contributed by atoms with Crippen LogP contribution in [-0.2, 0) is 19.5 Å². The van der Waals surface area contributed by atoms with Crippen LogP contribution in [-0.4, -0.2) is 27.6 Å². The second-order valence-corrected chi connectivity index (χ2v) is 5.35. The summed E-state index contributed by atoms with van der Waals surface area (Å²) < 4.78 is 0. The molecule has 6 heteroatoms. The van der Waals surface area contributed by atoms with Gasteiger partial charge in [0, 0.05) is 36.7 Å². The van der Waals surface area contributed by atoms with E-state index in [0.717, 1.165) is 47.6 Å². The van der Waals surface area contributed by atoms with E-state index in [1.165, 1.54) is 0 Å². The van der Waals surface area contributed by atoms with Gasteiger partial charge in [-0.25, -0.2) is 0 Å². The SMILES string of the molecule is Cc1n[nH]c(C)c1CNC(=O)c1cncc2c1CCNC2. The van der Waals surface area contributed by atoms with Crippen molar-refractivity contribution in [3.63, 3.8) is 0 Å². The topological polar surface area (TPSA) is 82.7 Å². The van der Waals surface area contributed by atoms with E-state index in [-0.39, 0.29) is 5.91 Å². The molecule has 3 heterocycles. The number of hydrogen-bond donors (Lipinski definition) is 3. The number of aromatic nitrogens is 3. The van der Waals surface area contributed by atoms with Gasteiger partial charge in [-0.15, -0.1) is 0 Å². The molecule has 3 rings (SSSR count). The van der Waals surface area contributed by atoms with Crippen molar-refractivity contribution in [2.45, 2.75) is 33.4 Å². The minimum atomic E-state index is -0.0683. The number of aryl methyl sites for hydroxylation is 2. The van der Waals surface area contributed by atoms with Gasteiger partial charge in [-0.3, -0.25) is 14.9 Å². The highest BCUT2D eigenvalue weighted by molar-refractivity contribution is 5.95. The van der Waals surface area contributed by atoms with Crippen LogP contribution in [0.25, 0.3) is 0 Å². The predicted molar refractivity (Wildman–Crippen MR) is 78.9 cm³/mol. The zero-order valence-electron chi connectivity index (χ0n) is 12.3. The first-order chi connectivity index (χ1) is 10.2. The molecule has 0 bridgehead atoms. The van der Waals surface area contributed by atoms with Crippen LogP contribution >= 0.6 is 0 Å². The quantitative estimate of drug-likeness (QED) is 0.785. The average Bonchev–Trinajstić information content (AvgIpc) is 2.83. The molecule has 0 aromatic carbocycles. The van der Waals surface area contributed by atoms with Gasteiger partial charge in [0.1, 0.15) is 0 Å². The van der Waals surface area contributed by atoms with Gasteiger partial charge in [0.05, 0.1) is 11.3 Å². The molecule has 2 aromatic heterocycles. The summed E-state index contributed by atoms with van der Waals surface area (Å²) in [6, 6.07) is 0. The summed E-state index contributed by atoms with van der Waals surface area (Å²) in [7, 11) is 0. The lowest BCUT2D eigenvalue weighted by molar-refractivity contribution is 0.0949. The molecular weight excluding hydrogens is 266 g/mol. The monoisotopic (exact) mass is 285 g/mol. The number of H-pyrrole nitrogens is 1. The second kappa shape index (κ2) is 5.65. The first-order valence-electron chi connectivity index (χ1n) is 7.12. The van der Waals surface area contributed by atoms with Crippen LogP contribution in [0.4, 0.5) is 0 Å². The molecule has 21 heavy (non-hydrogen) atoms. The van der Waals surface area contributed by atoms with Crippen LogP contribution in [0.5, 0.6) is 0 Å². The largest absolute Gasteiger partial charge is 0.348 e. The summed E-state index contributed by atoms with van der Waals surface area (Å²) in [4.78, 5) is 16.6. The average molecular weight is 285 g/mol. The molecular formula is C15H19N5O. The number of aromatic amines is 1. The highest BCUT2D eigenvalue weighted by Gasteiger charge is 2.18. The predicted octanol–water partition coefficient (Wildman–Crippen LogP) is 0.997. The zero-order valence-corrected chi connectivity index (χ0v) is 12.3. The fourth-order valence-corrected chi connectivity index (χ4v) is 2.71. The number of nitrogens with zero attached hydrogens (tertiary/aromatic N) is 2. The van der Waals surface area contributed by atoms with Crippen LogP contribution < -0.4 is 10.6 Å². The van der Waals surface area contributed by atoms with Gasteiger partial charge in [-0.1, -0.05) is 0 Å². The van der Waals surface area contributed by atoms with Crippen LogP contribution in [0, 0.1) is 13.8 Å². The van der Waals surface area contributed by atoms with Crippen molar-refractivity contribution in [1.29, 1.82) is 0 Å². The summed E-state index contributed by atoms with van der Waals surface area (Å²) in [5, 5.41) is 13.3. The molecule has 0 spiro atoms. The number of carbonyl (C=O) groups excluding carboxylic acids is 1. The third kappa shape index (κ3) is 2.67. The summed E-state index contributed by atoms with van der Waals surface area (Å²) in [5.41, 5.74) is 5.87. The van der Waals surface area contributed by atoms with Gasteiger partial charge >= 0.3 is 0 Å². The molecule has 1 amide bonds. The molecule has 0 atom stereocenters. The molecule has 0 fully saturated rings. The summed E-state index contributed by atoms with van der Waals surface area (Å²) >= 11 is 0. The van der Waals surface area contributed by atoms with Gasteiger partial charge in [0.25, 0.3) is 5.91 Å². The van der Waals surface area contributed by atoms with Crippen molar-refractivity contribution >= 4 is 5.91 Å². The Kier molecular flexibility index (Phi) is 3.70. The smallest absolute Gasteiger partial charge is 0.253 e. The normalized spacial score (nSPS) is 13.8. The minimum absolute atomic E-state index is 0.0683. The number of pyridine rings is 1. The van der Waals surface area contributed by atoms with Crippen molar-refractivity contribution in [2.24, 2.45) is 0 Å². The fourth-order valence-electron chi connectivity index (χ4n) is 2.71. The second-order valence-electron chi connectivity index (χ2n) is 5.35. The highest BCUT2D eigenvalue weighted by Crippen LogP contribution is 2.17. The number of nitrogens with one attached hydrogen (secondary N) is 3. The van der Waals surface area contributed by atoms with E-state index in [1.54, 1.807) is 6.20 Å². The van der Waals surface area contributed by atoms with Gasteiger partial charge < -0.3 is 10.6 Å². The van der Waals surface area contributed by atoms with E-state index in [4.69, 9.17) is 0 Å². The summed E-state index contributed by atoms with van der Waals surface area (Å²) in [6.45, 7) is 6.05. The molecule has 110 valence electrons. The molecule has 1 aliphatic heterocycles. The van der Waals surface area contributed by atoms with E-state index in [2.05, 4.69) is 25.8 Å². The first kappa shape index (κ1) is 13.8. The summed E-state index contributed by atoms with van der Waals surface area (Å²) in [5.74, 6) is -0.0683. The lowest BCUT2D eigenvalue weighted by atomic mass is 9.98. The van der Waals surface area contributed by atoms with Crippen molar-refractivity contribution in [1.82, 2.24) is 25.8 Å². The number of amides is 1. The Morgan fingerprint density at radius 1 is 1.38 bits per heavy atom. The van der Waals surface area contributed by atoms with Crippen LogP contribution in [0.15, 0.2) is 12.4 Å². The van der Waals surface area contributed by atoms with E-state index in [1.807, 2.05) is 20.0 Å². The molecule has 3 N–H and O–H groups in total. The van der Waals surface area contributed by atoms with Gasteiger partial charge in [-0.2, -0.15) is 5.10 Å². The van der Waals surface area contributed by atoms with E-state index in [0.29, 0.717) is 12.1 Å². The molecule has 0 saturated heterocycles. The molecule has 6 nitrogen and oxygen atoms in total. The van der Waals surface area contributed by atoms with Crippen LogP contribution in [0.2, 0.25) is 0 Å². The highest BCUT2D eigenvalue weighted by atomic mass is 16.1. The molecule has 1 aliphatic rings. The minimum Gasteiger partial charge on any atom is -0.348 e. The summed E-state index contributed by atoms with van der Waals surface area (Å²) in [6.07, 6.45) is 4.36. The lowest BCUT2D eigenvalue weighted by Gasteiger charge is -2.19. The maximum atomic E-state index is 12.4. The Labute approximate surface area is 123 Å². The molecule has 0 radical (unpaired) electrons. The Morgan fingerprint density at radius 3 is 3.00 bits per heavy atom. The van der Waals surface area contributed by atoms with Gasteiger partial charge in [0.15, 0.2) is 0 Å². The maximum Gasteiger partial charge on any atom is 0.253 e. The zero-order chi connectivity index (χ0) is 14.8. The third-order valence-corrected chi connectivity index (χ3v) is 3.97. The molecule has 0 aliphatic carbocycles. The third-order valence-electron chi connectivity index (χ3n) is 3.97.